The fraction of sp³-hybridized carbons (Fsp3) is 0.550. The SMILES string of the molecule is C=CCCC[C@@H]1CCC[C@H]1OC(=O)N[C@H]1CCCCC/C=C\[C@@H]2C[C@@]2(C(=O)O)NC(=O)[C@@H]2C[C@@H](Oc3nc4cc(OC)ccc4nc3C=C)CN2C1=O. The first-order valence-corrected chi connectivity index (χ1v) is 18.9. The Hall–Kier alpha value is -4.94. The summed E-state index contributed by atoms with van der Waals surface area (Å²) in [5.41, 5.74) is 0.0639. The van der Waals surface area contributed by atoms with E-state index in [1.54, 1.807) is 25.3 Å². The first-order valence-electron chi connectivity index (χ1n) is 18.9. The van der Waals surface area contributed by atoms with Crippen LogP contribution in [0.5, 0.6) is 11.6 Å². The van der Waals surface area contributed by atoms with E-state index in [0.29, 0.717) is 35.3 Å². The third-order valence-corrected chi connectivity index (χ3v) is 11.1. The van der Waals surface area contributed by atoms with E-state index in [4.69, 9.17) is 14.2 Å². The minimum absolute atomic E-state index is 0.00400. The lowest BCUT2D eigenvalue weighted by atomic mass is 9.98. The summed E-state index contributed by atoms with van der Waals surface area (Å²) in [6, 6.07) is 3.26. The van der Waals surface area contributed by atoms with Gasteiger partial charge in [0.05, 0.1) is 24.7 Å². The number of hydrogen-bond acceptors (Lipinski definition) is 9. The van der Waals surface area contributed by atoms with Crippen molar-refractivity contribution < 1.29 is 38.5 Å². The van der Waals surface area contributed by atoms with Gasteiger partial charge in [0.15, 0.2) is 0 Å². The Morgan fingerprint density at radius 1 is 1.11 bits per heavy atom. The van der Waals surface area contributed by atoms with Gasteiger partial charge in [-0.15, -0.1) is 6.58 Å². The molecule has 3 N–H and O–H groups in total. The van der Waals surface area contributed by atoms with E-state index in [-0.39, 0.29) is 43.2 Å². The average Bonchev–Trinajstić information content (AvgIpc) is 3.42. The lowest BCUT2D eigenvalue weighted by Gasteiger charge is -2.30. The van der Waals surface area contributed by atoms with Crippen LogP contribution in [0.3, 0.4) is 0 Å². The number of alkyl carbamates (subject to hydrolysis) is 1. The lowest BCUT2D eigenvalue weighted by Crippen LogP contribution is -2.56. The van der Waals surface area contributed by atoms with Crippen LogP contribution in [0.25, 0.3) is 17.1 Å². The number of amides is 3. The van der Waals surface area contributed by atoms with Crippen LogP contribution in [0, 0.1) is 11.8 Å². The Labute approximate surface area is 310 Å². The van der Waals surface area contributed by atoms with Gasteiger partial charge in [0.1, 0.15) is 41.3 Å². The van der Waals surface area contributed by atoms with Crippen LogP contribution >= 0.6 is 0 Å². The zero-order valence-electron chi connectivity index (χ0n) is 30.5. The first-order chi connectivity index (χ1) is 25.6. The molecule has 0 radical (unpaired) electrons. The zero-order chi connectivity index (χ0) is 37.5. The van der Waals surface area contributed by atoms with Crippen molar-refractivity contribution in [3.63, 3.8) is 0 Å². The summed E-state index contributed by atoms with van der Waals surface area (Å²) in [6.07, 6.45) is 14.9. The fourth-order valence-electron chi connectivity index (χ4n) is 8.01. The second-order valence-electron chi connectivity index (χ2n) is 14.6. The molecule has 1 aromatic carbocycles. The fourth-order valence-corrected chi connectivity index (χ4v) is 8.01. The minimum atomic E-state index is -1.45. The highest BCUT2D eigenvalue weighted by Crippen LogP contribution is 2.45. The van der Waals surface area contributed by atoms with Crippen LogP contribution in [-0.2, 0) is 19.1 Å². The number of aliphatic carboxylic acids is 1. The standard InChI is InChI=1S/C40H51N5O8/c1-4-6-10-14-25-15-13-18-34(25)53-39(50)43-31-17-12-9-7-8-11-16-26-23-40(26,38(48)49)44-35(46)33-22-28(24-45(33)37(31)47)52-36-29(5-2)41-30-20-19-27(51-3)21-32(30)42-36/h4-5,11,16,19-21,25-26,28,31,33-34H,1-2,6-10,12-15,17-18,22-24H2,3H3,(H,43,50)(H,44,46)(H,48,49)/b16-11-/t25-,26-,28-,31+,33+,34-,40-/m1/s1. The van der Waals surface area contributed by atoms with Gasteiger partial charge in [-0.2, -0.15) is 0 Å². The highest BCUT2D eigenvalue weighted by molar-refractivity contribution is 5.96. The van der Waals surface area contributed by atoms with Gasteiger partial charge in [0.25, 0.3) is 0 Å². The summed E-state index contributed by atoms with van der Waals surface area (Å²) >= 11 is 0. The second kappa shape index (κ2) is 16.8. The van der Waals surface area contributed by atoms with Gasteiger partial charge < -0.3 is 34.9 Å². The van der Waals surface area contributed by atoms with E-state index in [9.17, 15) is 24.3 Å². The van der Waals surface area contributed by atoms with Crippen molar-refractivity contribution in [2.75, 3.05) is 13.7 Å². The molecule has 3 heterocycles. The number of carboxylic acids is 1. The van der Waals surface area contributed by atoms with Gasteiger partial charge in [0, 0.05) is 18.4 Å². The topological polar surface area (TPSA) is 169 Å². The Bertz CT molecular complexity index is 1750. The normalized spacial score (nSPS) is 29.4. The maximum absolute atomic E-state index is 14.5. The van der Waals surface area contributed by atoms with E-state index >= 15 is 0 Å². The van der Waals surface area contributed by atoms with E-state index in [0.717, 1.165) is 57.8 Å². The summed E-state index contributed by atoms with van der Waals surface area (Å²) < 4.78 is 17.7. The first kappa shape index (κ1) is 37.8. The largest absolute Gasteiger partial charge is 0.497 e. The number of unbranched alkanes of at least 4 members (excludes halogenated alkanes) is 1. The molecule has 7 atom stereocenters. The average molecular weight is 730 g/mol. The molecule has 1 aromatic heterocycles. The zero-order valence-corrected chi connectivity index (χ0v) is 30.5. The van der Waals surface area contributed by atoms with Crippen LogP contribution in [0.2, 0.25) is 0 Å². The van der Waals surface area contributed by atoms with Crippen molar-refractivity contribution in [1.29, 1.82) is 0 Å². The molecule has 13 nitrogen and oxygen atoms in total. The maximum Gasteiger partial charge on any atom is 0.408 e. The van der Waals surface area contributed by atoms with Gasteiger partial charge in [-0.3, -0.25) is 9.59 Å². The van der Waals surface area contributed by atoms with Crippen LogP contribution in [0.15, 0.2) is 49.6 Å². The number of ether oxygens (including phenoxy) is 3. The van der Waals surface area contributed by atoms with Crippen molar-refractivity contribution in [2.24, 2.45) is 11.8 Å². The van der Waals surface area contributed by atoms with Gasteiger partial charge in [-0.25, -0.2) is 19.6 Å². The predicted octanol–water partition coefficient (Wildman–Crippen LogP) is 5.73. The van der Waals surface area contributed by atoms with Crippen molar-refractivity contribution in [3.05, 3.63) is 55.3 Å². The summed E-state index contributed by atoms with van der Waals surface area (Å²) in [5.74, 6) is -1.50. The third-order valence-electron chi connectivity index (χ3n) is 11.1. The predicted molar refractivity (Wildman–Crippen MR) is 198 cm³/mol. The molecule has 2 aliphatic heterocycles. The van der Waals surface area contributed by atoms with E-state index in [2.05, 4.69) is 33.8 Å². The Kier molecular flexibility index (Phi) is 12.0. The molecule has 284 valence electrons. The summed E-state index contributed by atoms with van der Waals surface area (Å²) in [5, 5.41) is 15.9. The number of carboxylic acid groups (broad SMARTS) is 1. The van der Waals surface area contributed by atoms with Gasteiger partial charge in [-0.05, 0) is 88.3 Å². The summed E-state index contributed by atoms with van der Waals surface area (Å²) in [4.78, 5) is 65.2. The number of rotatable bonds is 11. The third kappa shape index (κ3) is 8.66. The van der Waals surface area contributed by atoms with Gasteiger partial charge in [0.2, 0.25) is 17.7 Å². The number of carbonyl (C=O) groups is 4. The molecule has 3 fully saturated rings. The molecule has 0 spiro atoms. The molecule has 0 unspecified atom stereocenters. The number of fused-ring (bicyclic) bond motifs is 3. The molecule has 4 aliphatic rings. The maximum atomic E-state index is 14.5. The summed E-state index contributed by atoms with van der Waals surface area (Å²) in [6.45, 7) is 7.67. The molecule has 53 heavy (non-hydrogen) atoms. The quantitative estimate of drug-likeness (QED) is 0.192. The van der Waals surface area contributed by atoms with Crippen LogP contribution in [0.4, 0.5) is 4.79 Å². The minimum Gasteiger partial charge on any atom is -0.497 e. The number of aromatic nitrogens is 2. The van der Waals surface area contributed by atoms with Gasteiger partial charge >= 0.3 is 12.1 Å². The number of nitrogens with zero attached hydrogens (tertiary/aromatic N) is 3. The monoisotopic (exact) mass is 729 g/mol. The lowest BCUT2D eigenvalue weighted by molar-refractivity contribution is -0.145. The van der Waals surface area contributed by atoms with E-state index in [1.807, 2.05) is 18.2 Å². The molecular formula is C40H51N5O8. The molecule has 2 aliphatic carbocycles. The Morgan fingerprint density at radius 2 is 1.96 bits per heavy atom. The van der Waals surface area contributed by atoms with Crippen molar-refractivity contribution in [1.82, 2.24) is 25.5 Å². The van der Waals surface area contributed by atoms with Crippen molar-refractivity contribution >= 4 is 41.0 Å². The van der Waals surface area contributed by atoms with Crippen LogP contribution < -0.4 is 20.1 Å². The second-order valence-corrected chi connectivity index (χ2v) is 14.6. The van der Waals surface area contributed by atoms with E-state index in [1.165, 1.54) is 11.0 Å². The molecule has 6 rings (SSSR count). The highest BCUT2D eigenvalue weighted by Gasteiger charge is 2.61. The highest BCUT2D eigenvalue weighted by atomic mass is 16.6. The van der Waals surface area contributed by atoms with Crippen molar-refractivity contribution in [3.8, 4) is 11.6 Å². The molecule has 2 saturated carbocycles. The number of allylic oxidation sites excluding steroid dienone is 2. The van der Waals surface area contributed by atoms with Crippen LogP contribution in [0.1, 0.15) is 89.2 Å². The number of methoxy groups -OCH3 is 1. The molecular weight excluding hydrogens is 678 g/mol. The molecule has 13 heteroatoms. The Balaban J connectivity index is 1.25. The number of carbonyl (C=O) groups excluding carboxylic acids is 3. The van der Waals surface area contributed by atoms with Crippen molar-refractivity contribution in [2.45, 2.75) is 113 Å². The Morgan fingerprint density at radius 3 is 2.74 bits per heavy atom. The van der Waals surface area contributed by atoms with Gasteiger partial charge in [-0.1, -0.05) is 37.6 Å². The number of nitrogens with one attached hydrogen (secondary N) is 2. The van der Waals surface area contributed by atoms with Crippen LogP contribution in [-0.4, -0.2) is 87.3 Å². The summed E-state index contributed by atoms with van der Waals surface area (Å²) in [7, 11) is 1.55. The molecule has 1 saturated heterocycles. The smallest absolute Gasteiger partial charge is 0.408 e. The molecule has 3 amide bonds. The van der Waals surface area contributed by atoms with E-state index < -0.39 is 47.6 Å². The number of benzene rings is 1. The molecule has 2 aromatic rings. The number of hydrogen-bond donors (Lipinski definition) is 3. The molecule has 0 bridgehead atoms.